The van der Waals surface area contributed by atoms with Gasteiger partial charge in [0.15, 0.2) is 6.61 Å². The van der Waals surface area contributed by atoms with Crippen LogP contribution in [-0.4, -0.2) is 35.8 Å². The first-order chi connectivity index (χ1) is 11.1. The van der Waals surface area contributed by atoms with Crippen molar-refractivity contribution in [3.63, 3.8) is 0 Å². The first-order valence-electron chi connectivity index (χ1n) is 7.57. The number of anilines is 1. The second kappa shape index (κ2) is 7.02. The van der Waals surface area contributed by atoms with Gasteiger partial charge in [-0.05, 0) is 32.0 Å². The Kier molecular flexibility index (Phi) is 4.83. The zero-order valence-electron chi connectivity index (χ0n) is 12.9. The van der Waals surface area contributed by atoms with Gasteiger partial charge in [0.1, 0.15) is 5.75 Å². The van der Waals surface area contributed by atoms with Crippen molar-refractivity contribution in [1.82, 2.24) is 15.5 Å². The number of nitrogens with zero attached hydrogens (tertiary/aromatic N) is 1. The summed E-state index contributed by atoms with van der Waals surface area (Å²) in [4.78, 5) is 12.1. The van der Waals surface area contributed by atoms with Gasteiger partial charge < -0.3 is 15.4 Å². The van der Waals surface area contributed by atoms with E-state index >= 15 is 0 Å². The highest BCUT2D eigenvalue weighted by Crippen LogP contribution is 2.27. The molecule has 0 spiro atoms. The SMILES string of the molecule is Cc1c(Cl)cccc1OCC(=O)Nc1cn[nH]c1C1CCNC1. The number of aromatic amines is 1. The van der Waals surface area contributed by atoms with Crippen molar-refractivity contribution in [3.8, 4) is 5.75 Å². The number of benzene rings is 1. The normalized spacial score (nSPS) is 17.2. The van der Waals surface area contributed by atoms with Gasteiger partial charge in [-0.3, -0.25) is 9.89 Å². The quantitative estimate of drug-likeness (QED) is 0.785. The number of hydrogen-bond donors (Lipinski definition) is 3. The van der Waals surface area contributed by atoms with E-state index in [1.54, 1.807) is 24.4 Å². The minimum absolute atomic E-state index is 0.0747. The predicted octanol–water partition coefficient (Wildman–Crippen LogP) is 2.47. The van der Waals surface area contributed by atoms with Crippen LogP contribution < -0.4 is 15.4 Å². The molecule has 1 fully saturated rings. The number of carbonyl (C=O) groups is 1. The van der Waals surface area contributed by atoms with Gasteiger partial charge in [-0.15, -0.1) is 0 Å². The number of halogens is 1. The summed E-state index contributed by atoms with van der Waals surface area (Å²) in [7, 11) is 0. The third-order valence-electron chi connectivity index (χ3n) is 3.99. The van der Waals surface area contributed by atoms with Gasteiger partial charge in [-0.25, -0.2) is 0 Å². The van der Waals surface area contributed by atoms with Crippen LogP contribution in [-0.2, 0) is 4.79 Å². The second-order valence-electron chi connectivity index (χ2n) is 5.59. The lowest BCUT2D eigenvalue weighted by Gasteiger charge is -2.12. The summed E-state index contributed by atoms with van der Waals surface area (Å²) in [5.74, 6) is 0.738. The highest BCUT2D eigenvalue weighted by atomic mass is 35.5. The summed E-state index contributed by atoms with van der Waals surface area (Å²) in [6.07, 6.45) is 2.67. The molecular formula is C16H19ClN4O2. The molecule has 2 heterocycles. The van der Waals surface area contributed by atoms with Crippen molar-refractivity contribution in [2.75, 3.05) is 25.0 Å². The number of ether oxygens (including phenoxy) is 1. The van der Waals surface area contributed by atoms with Crippen LogP contribution in [0.1, 0.15) is 23.6 Å². The summed E-state index contributed by atoms with van der Waals surface area (Å²) < 4.78 is 5.55. The smallest absolute Gasteiger partial charge is 0.262 e. The topological polar surface area (TPSA) is 79.0 Å². The van der Waals surface area contributed by atoms with Crippen LogP contribution in [0.25, 0.3) is 0 Å². The molecule has 6 nitrogen and oxygen atoms in total. The molecule has 0 saturated carbocycles. The predicted molar refractivity (Wildman–Crippen MR) is 89.1 cm³/mol. The van der Waals surface area contributed by atoms with E-state index < -0.39 is 0 Å². The molecule has 0 bridgehead atoms. The average Bonchev–Trinajstić information content (AvgIpc) is 3.19. The number of hydrogen-bond acceptors (Lipinski definition) is 4. The Balaban J connectivity index is 1.60. The van der Waals surface area contributed by atoms with Crippen LogP contribution in [0.3, 0.4) is 0 Å². The van der Waals surface area contributed by atoms with E-state index in [0.29, 0.717) is 16.7 Å². The van der Waals surface area contributed by atoms with E-state index in [4.69, 9.17) is 16.3 Å². The number of aromatic nitrogens is 2. The molecule has 1 saturated heterocycles. The third-order valence-corrected chi connectivity index (χ3v) is 4.40. The zero-order valence-corrected chi connectivity index (χ0v) is 13.6. The van der Waals surface area contributed by atoms with E-state index in [1.807, 2.05) is 6.92 Å². The summed E-state index contributed by atoms with van der Waals surface area (Å²) >= 11 is 6.04. The number of nitrogens with one attached hydrogen (secondary N) is 3. The number of amides is 1. The number of H-pyrrole nitrogens is 1. The minimum Gasteiger partial charge on any atom is -0.483 e. The summed E-state index contributed by atoms with van der Waals surface area (Å²) in [5.41, 5.74) is 2.50. The molecule has 1 aliphatic rings. The van der Waals surface area contributed by atoms with E-state index in [2.05, 4.69) is 20.8 Å². The molecule has 1 unspecified atom stereocenters. The van der Waals surface area contributed by atoms with Crippen LogP contribution in [0.5, 0.6) is 5.75 Å². The van der Waals surface area contributed by atoms with E-state index in [1.165, 1.54) is 0 Å². The Bertz CT molecular complexity index is 695. The largest absolute Gasteiger partial charge is 0.483 e. The van der Waals surface area contributed by atoms with Crippen molar-refractivity contribution in [2.24, 2.45) is 0 Å². The maximum Gasteiger partial charge on any atom is 0.262 e. The number of carbonyl (C=O) groups excluding carboxylic acids is 1. The molecule has 23 heavy (non-hydrogen) atoms. The van der Waals surface area contributed by atoms with Crippen molar-refractivity contribution in [2.45, 2.75) is 19.3 Å². The van der Waals surface area contributed by atoms with Gasteiger partial charge in [0.05, 0.1) is 17.6 Å². The fraction of sp³-hybridized carbons (Fsp3) is 0.375. The van der Waals surface area contributed by atoms with Gasteiger partial charge in [-0.2, -0.15) is 5.10 Å². The third kappa shape index (κ3) is 3.65. The molecule has 1 aliphatic heterocycles. The van der Waals surface area contributed by atoms with Crippen molar-refractivity contribution in [3.05, 3.63) is 40.7 Å². The molecule has 1 aromatic carbocycles. The molecule has 2 aromatic rings. The molecular weight excluding hydrogens is 316 g/mol. The molecule has 3 rings (SSSR count). The number of rotatable bonds is 5. The highest BCUT2D eigenvalue weighted by Gasteiger charge is 2.22. The Morgan fingerprint density at radius 3 is 3.17 bits per heavy atom. The lowest BCUT2D eigenvalue weighted by molar-refractivity contribution is -0.118. The van der Waals surface area contributed by atoms with Crippen LogP contribution >= 0.6 is 11.6 Å². The van der Waals surface area contributed by atoms with Crippen molar-refractivity contribution < 1.29 is 9.53 Å². The van der Waals surface area contributed by atoms with Crippen molar-refractivity contribution in [1.29, 1.82) is 0 Å². The standard InChI is InChI=1S/C16H19ClN4O2/c1-10-12(17)3-2-4-14(10)23-9-15(22)20-13-8-19-21-16(13)11-5-6-18-7-11/h2-4,8,11,18H,5-7,9H2,1H3,(H,19,21)(H,20,22). The molecule has 7 heteroatoms. The van der Waals surface area contributed by atoms with Gasteiger partial charge in [-0.1, -0.05) is 17.7 Å². The van der Waals surface area contributed by atoms with Gasteiger partial charge >= 0.3 is 0 Å². The van der Waals surface area contributed by atoms with Crippen LogP contribution in [0, 0.1) is 6.92 Å². The van der Waals surface area contributed by atoms with Crippen LogP contribution in [0.15, 0.2) is 24.4 Å². The molecule has 1 amide bonds. The lowest BCUT2D eigenvalue weighted by atomic mass is 10.0. The van der Waals surface area contributed by atoms with E-state index in [9.17, 15) is 4.79 Å². The molecule has 122 valence electrons. The van der Waals surface area contributed by atoms with Crippen molar-refractivity contribution >= 4 is 23.2 Å². The van der Waals surface area contributed by atoms with Gasteiger partial charge in [0.2, 0.25) is 0 Å². The lowest BCUT2D eigenvalue weighted by Crippen LogP contribution is -2.21. The van der Waals surface area contributed by atoms with Crippen LogP contribution in [0.4, 0.5) is 5.69 Å². The van der Waals surface area contributed by atoms with E-state index in [-0.39, 0.29) is 12.5 Å². The monoisotopic (exact) mass is 334 g/mol. The molecule has 1 atom stereocenters. The first kappa shape index (κ1) is 15.8. The average molecular weight is 335 g/mol. The minimum atomic E-state index is -0.224. The first-order valence-corrected chi connectivity index (χ1v) is 7.94. The summed E-state index contributed by atoms with van der Waals surface area (Å²) in [5, 5.41) is 13.8. The highest BCUT2D eigenvalue weighted by molar-refractivity contribution is 6.31. The maximum absolute atomic E-state index is 12.1. The van der Waals surface area contributed by atoms with E-state index in [0.717, 1.165) is 36.5 Å². The summed E-state index contributed by atoms with van der Waals surface area (Å²) in [6, 6.07) is 5.38. The molecule has 3 N–H and O–H groups in total. The fourth-order valence-corrected chi connectivity index (χ4v) is 2.85. The zero-order chi connectivity index (χ0) is 16.2. The Morgan fingerprint density at radius 2 is 2.39 bits per heavy atom. The second-order valence-corrected chi connectivity index (χ2v) is 5.99. The Morgan fingerprint density at radius 1 is 1.52 bits per heavy atom. The van der Waals surface area contributed by atoms with Gasteiger partial charge in [0, 0.05) is 23.0 Å². The van der Waals surface area contributed by atoms with Gasteiger partial charge in [0.25, 0.3) is 5.91 Å². The molecule has 1 aromatic heterocycles. The Hall–Kier alpha value is -2.05. The maximum atomic E-state index is 12.1. The fourth-order valence-electron chi connectivity index (χ4n) is 2.68. The summed E-state index contributed by atoms with van der Waals surface area (Å²) in [6.45, 7) is 3.66. The Labute approximate surface area is 139 Å². The van der Waals surface area contributed by atoms with Crippen LogP contribution in [0.2, 0.25) is 5.02 Å². The molecule has 0 radical (unpaired) electrons. The molecule has 0 aliphatic carbocycles.